The predicted molar refractivity (Wildman–Crippen MR) is 119 cm³/mol. The van der Waals surface area contributed by atoms with Crippen LogP contribution in [0.15, 0.2) is 60.7 Å². The molecule has 0 saturated carbocycles. The Morgan fingerprint density at radius 1 is 0.933 bits per heavy atom. The Labute approximate surface area is 177 Å². The molecule has 154 valence electrons. The van der Waals surface area contributed by atoms with Gasteiger partial charge in [0.15, 0.2) is 11.5 Å². The Morgan fingerprint density at radius 3 is 2.33 bits per heavy atom. The minimum absolute atomic E-state index is 0.0511. The lowest BCUT2D eigenvalue weighted by Crippen LogP contribution is -2.15. The van der Waals surface area contributed by atoms with Gasteiger partial charge >= 0.3 is 0 Å². The maximum absolute atomic E-state index is 12.0. The molecule has 1 amide bonds. The average molecular weight is 402 g/mol. The van der Waals surface area contributed by atoms with Crippen LogP contribution in [0.5, 0.6) is 11.5 Å². The number of anilines is 1. The van der Waals surface area contributed by atoms with E-state index in [1.807, 2.05) is 60.7 Å². The molecule has 0 saturated heterocycles. The summed E-state index contributed by atoms with van der Waals surface area (Å²) in [7, 11) is 0. The van der Waals surface area contributed by atoms with E-state index in [2.05, 4.69) is 19.2 Å². The second-order valence-electron chi connectivity index (χ2n) is 7.82. The van der Waals surface area contributed by atoms with Gasteiger partial charge in [0.2, 0.25) is 5.91 Å². The number of nitrogens with zero attached hydrogens (tertiary/aromatic N) is 1. The van der Waals surface area contributed by atoms with E-state index in [1.165, 1.54) is 0 Å². The summed E-state index contributed by atoms with van der Waals surface area (Å²) in [5.74, 6) is 2.09. The summed E-state index contributed by atoms with van der Waals surface area (Å²) < 4.78 is 11.3. The van der Waals surface area contributed by atoms with Gasteiger partial charge in [0, 0.05) is 23.2 Å². The Balaban J connectivity index is 1.49. The minimum atomic E-state index is 0.0511. The summed E-state index contributed by atoms with van der Waals surface area (Å²) >= 11 is 0. The standard InChI is InChI=1S/C25H26N2O3/c1-17(2)6-13-25(28)26-20-10-7-18(8-11-20)21-4-3-5-22(27-21)19-9-12-23-24(16-19)30-15-14-29-23/h3-5,7-12,16-17H,6,13-15H2,1-2H3,(H,26,28). The van der Waals surface area contributed by atoms with Crippen LogP contribution in [-0.4, -0.2) is 24.1 Å². The van der Waals surface area contributed by atoms with Crippen molar-refractivity contribution in [2.45, 2.75) is 26.7 Å². The lowest BCUT2D eigenvalue weighted by molar-refractivity contribution is -0.116. The highest BCUT2D eigenvalue weighted by molar-refractivity contribution is 5.91. The summed E-state index contributed by atoms with van der Waals surface area (Å²) in [6.07, 6.45) is 1.43. The summed E-state index contributed by atoms with van der Waals surface area (Å²) in [5.41, 5.74) is 4.52. The molecule has 0 radical (unpaired) electrons. The molecule has 2 aromatic carbocycles. The number of pyridine rings is 1. The highest BCUT2D eigenvalue weighted by Gasteiger charge is 2.13. The van der Waals surface area contributed by atoms with Gasteiger partial charge in [0.25, 0.3) is 0 Å². The van der Waals surface area contributed by atoms with Gasteiger partial charge in [-0.1, -0.05) is 32.0 Å². The molecular formula is C25H26N2O3. The van der Waals surface area contributed by atoms with Crippen molar-refractivity contribution in [1.82, 2.24) is 4.98 Å². The first-order chi connectivity index (χ1) is 14.6. The molecular weight excluding hydrogens is 376 g/mol. The molecule has 5 nitrogen and oxygen atoms in total. The zero-order valence-electron chi connectivity index (χ0n) is 17.4. The first kappa shape index (κ1) is 20.0. The first-order valence-electron chi connectivity index (χ1n) is 10.4. The van der Waals surface area contributed by atoms with E-state index in [4.69, 9.17) is 14.5 Å². The second-order valence-corrected chi connectivity index (χ2v) is 7.82. The van der Waals surface area contributed by atoms with Crippen molar-refractivity contribution >= 4 is 11.6 Å². The van der Waals surface area contributed by atoms with E-state index < -0.39 is 0 Å². The molecule has 1 aromatic heterocycles. The number of hydrogen-bond donors (Lipinski definition) is 1. The quantitative estimate of drug-likeness (QED) is 0.586. The summed E-state index contributed by atoms with van der Waals surface area (Å²) in [6.45, 7) is 5.38. The molecule has 2 heterocycles. The number of benzene rings is 2. The molecule has 0 spiro atoms. The fourth-order valence-corrected chi connectivity index (χ4v) is 3.33. The Bertz CT molecular complexity index is 1030. The molecule has 1 N–H and O–H groups in total. The van der Waals surface area contributed by atoms with Crippen LogP contribution in [-0.2, 0) is 4.79 Å². The van der Waals surface area contributed by atoms with Gasteiger partial charge in [-0.15, -0.1) is 0 Å². The number of nitrogens with one attached hydrogen (secondary N) is 1. The summed E-state index contributed by atoms with van der Waals surface area (Å²) in [5, 5.41) is 2.96. The molecule has 1 aliphatic heterocycles. The molecule has 30 heavy (non-hydrogen) atoms. The van der Waals surface area contributed by atoms with Crippen LogP contribution in [0.25, 0.3) is 22.5 Å². The molecule has 0 aliphatic carbocycles. The summed E-state index contributed by atoms with van der Waals surface area (Å²) in [4.78, 5) is 16.9. The number of rotatable bonds is 6. The van der Waals surface area contributed by atoms with Gasteiger partial charge in [0.05, 0.1) is 11.4 Å². The smallest absolute Gasteiger partial charge is 0.224 e. The third-order valence-electron chi connectivity index (χ3n) is 5.00. The SMILES string of the molecule is CC(C)CCC(=O)Nc1ccc(-c2cccc(-c3ccc4c(c3)OCCO4)n2)cc1. The van der Waals surface area contributed by atoms with Crippen LogP contribution >= 0.6 is 0 Å². The third-order valence-corrected chi connectivity index (χ3v) is 5.00. The van der Waals surface area contributed by atoms with E-state index in [9.17, 15) is 4.79 Å². The molecule has 1 aliphatic rings. The van der Waals surface area contributed by atoms with Crippen molar-refractivity contribution < 1.29 is 14.3 Å². The normalized spacial score (nSPS) is 12.6. The van der Waals surface area contributed by atoms with Crippen molar-refractivity contribution in [3.63, 3.8) is 0 Å². The number of aromatic nitrogens is 1. The predicted octanol–water partition coefficient (Wildman–Crippen LogP) is 5.56. The number of carbonyl (C=O) groups excluding carboxylic acids is 1. The number of hydrogen-bond acceptors (Lipinski definition) is 4. The number of amides is 1. The van der Waals surface area contributed by atoms with E-state index in [0.29, 0.717) is 25.6 Å². The largest absolute Gasteiger partial charge is 0.486 e. The van der Waals surface area contributed by atoms with Crippen LogP contribution in [0.1, 0.15) is 26.7 Å². The van der Waals surface area contributed by atoms with Crippen LogP contribution < -0.4 is 14.8 Å². The van der Waals surface area contributed by atoms with Crippen molar-refractivity contribution in [2.24, 2.45) is 5.92 Å². The van der Waals surface area contributed by atoms with Crippen molar-refractivity contribution in [3.05, 3.63) is 60.7 Å². The fourth-order valence-electron chi connectivity index (χ4n) is 3.33. The maximum Gasteiger partial charge on any atom is 0.224 e. The van der Waals surface area contributed by atoms with Crippen LogP contribution in [0.3, 0.4) is 0 Å². The molecule has 0 fully saturated rings. The maximum atomic E-state index is 12.0. The Morgan fingerprint density at radius 2 is 1.60 bits per heavy atom. The average Bonchev–Trinajstić information content (AvgIpc) is 2.78. The van der Waals surface area contributed by atoms with Crippen molar-refractivity contribution in [3.8, 4) is 34.0 Å². The molecule has 0 bridgehead atoms. The van der Waals surface area contributed by atoms with E-state index >= 15 is 0 Å². The second kappa shape index (κ2) is 8.99. The highest BCUT2D eigenvalue weighted by atomic mass is 16.6. The molecule has 3 aromatic rings. The Kier molecular flexibility index (Phi) is 5.98. The zero-order valence-corrected chi connectivity index (χ0v) is 17.4. The van der Waals surface area contributed by atoms with Crippen molar-refractivity contribution in [2.75, 3.05) is 18.5 Å². The fraction of sp³-hybridized carbons (Fsp3) is 0.280. The zero-order chi connectivity index (χ0) is 20.9. The van der Waals surface area contributed by atoms with Crippen LogP contribution in [0.2, 0.25) is 0 Å². The van der Waals surface area contributed by atoms with E-state index in [1.54, 1.807) is 0 Å². The van der Waals surface area contributed by atoms with Gasteiger partial charge in [-0.2, -0.15) is 0 Å². The van der Waals surface area contributed by atoms with E-state index in [0.717, 1.165) is 46.1 Å². The van der Waals surface area contributed by atoms with E-state index in [-0.39, 0.29) is 5.91 Å². The molecule has 0 atom stereocenters. The van der Waals surface area contributed by atoms with Gasteiger partial charge in [-0.3, -0.25) is 4.79 Å². The number of ether oxygens (including phenoxy) is 2. The number of fused-ring (bicyclic) bond motifs is 1. The van der Waals surface area contributed by atoms with Crippen LogP contribution in [0, 0.1) is 5.92 Å². The van der Waals surface area contributed by atoms with Crippen molar-refractivity contribution in [1.29, 1.82) is 0 Å². The topological polar surface area (TPSA) is 60.5 Å². The Hall–Kier alpha value is -3.34. The highest BCUT2D eigenvalue weighted by Crippen LogP contribution is 2.34. The summed E-state index contributed by atoms with van der Waals surface area (Å²) in [6, 6.07) is 19.6. The first-order valence-corrected chi connectivity index (χ1v) is 10.4. The van der Waals surface area contributed by atoms with Gasteiger partial charge < -0.3 is 14.8 Å². The lowest BCUT2D eigenvalue weighted by atomic mass is 10.1. The monoisotopic (exact) mass is 402 g/mol. The molecule has 0 unspecified atom stereocenters. The lowest BCUT2D eigenvalue weighted by Gasteiger charge is -2.18. The van der Waals surface area contributed by atoms with Crippen LogP contribution in [0.4, 0.5) is 5.69 Å². The van der Waals surface area contributed by atoms with Gasteiger partial charge in [0.1, 0.15) is 13.2 Å². The number of carbonyl (C=O) groups is 1. The minimum Gasteiger partial charge on any atom is -0.486 e. The molecule has 5 heteroatoms. The van der Waals surface area contributed by atoms with Gasteiger partial charge in [-0.25, -0.2) is 4.98 Å². The molecule has 4 rings (SSSR count). The third kappa shape index (κ3) is 4.79. The van der Waals surface area contributed by atoms with Gasteiger partial charge in [-0.05, 0) is 54.8 Å².